The van der Waals surface area contributed by atoms with E-state index in [2.05, 4.69) is 67.4 Å². The van der Waals surface area contributed by atoms with Gasteiger partial charge in [-0.2, -0.15) is 0 Å². The van der Waals surface area contributed by atoms with Crippen LogP contribution in [0.4, 0.5) is 0 Å². The van der Waals surface area contributed by atoms with Gasteiger partial charge in [0.2, 0.25) is 0 Å². The molecule has 0 N–H and O–H groups in total. The molecule has 1 aliphatic carbocycles. The average molecular weight is 393 g/mol. The summed E-state index contributed by atoms with van der Waals surface area (Å²) in [5.74, 6) is 0.301. The highest BCUT2D eigenvalue weighted by atomic mass is 16.1. The summed E-state index contributed by atoms with van der Waals surface area (Å²) >= 11 is 0. The van der Waals surface area contributed by atoms with E-state index in [1.807, 2.05) is 19.2 Å². The van der Waals surface area contributed by atoms with Crippen molar-refractivity contribution < 1.29 is 4.79 Å². The molecular weight excluding hydrogens is 368 g/mol. The third-order valence-electron chi connectivity index (χ3n) is 6.19. The number of aryl methyl sites for hydroxylation is 2. The molecule has 0 spiro atoms. The summed E-state index contributed by atoms with van der Waals surface area (Å²) in [6.07, 6.45) is 4.40. The number of allylic oxidation sites excluding steroid dienone is 1. The van der Waals surface area contributed by atoms with Gasteiger partial charge in [0.1, 0.15) is 0 Å². The molecule has 0 amide bonds. The molecule has 0 bridgehead atoms. The van der Waals surface area contributed by atoms with Crippen LogP contribution >= 0.6 is 0 Å². The SMILES string of the molecule is Cc1cccc(C(C)C2=Cc3cc4c(cc3CC2=O)CN=C4c2ccnc(C)c2)c1. The van der Waals surface area contributed by atoms with Gasteiger partial charge in [0.05, 0.1) is 12.3 Å². The second kappa shape index (κ2) is 7.17. The Morgan fingerprint density at radius 1 is 1.00 bits per heavy atom. The standard InChI is InChI=1S/C27H24N2O/c1-16-5-4-6-19(9-16)18(3)24-12-22-13-25-23(11-21(22)14-26(24)30)15-29-27(25)20-7-8-28-17(2)10-20/h4-13,18H,14-15H2,1-3H3. The smallest absolute Gasteiger partial charge is 0.163 e. The van der Waals surface area contributed by atoms with Crippen molar-refractivity contribution in [2.75, 3.05) is 0 Å². The number of carbonyl (C=O) groups is 1. The van der Waals surface area contributed by atoms with Crippen molar-refractivity contribution in [1.29, 1.82) is 0 Å². The first-order valence-electron chi connectivity index (χ1n) is 10.4. The number of benzene rings is 2. The number of Topliss-reactive ketones (excluding diaryl/α,β-unsaturated/α-hetero) is 1. The number of nitrogens with zero attached hydrogens (tertiary/aromatic N) is 2. The van der Waals surface area contributed by atoms with Gasteiger partial charge in [0.15, 0.2) is 5.78 Å². The molecule has 2 aliphatic rings. The zero-order valence-electron chi connectivity index (χ0n) is 17.6. The van der Waals surface area contributed by atoms with Crippen LogP contribution < -0.4 is 0 Å². The van der Waals surface area contributed by atoms with Gasteiger partial charge in [-0.1, -0.05) is 42.8 Å². The minimum Gasteiger partial charge on any atom is -0.294 e. The van der Waals surface area contributed by atoms with Gasteiger partial charge in [-0.3, -0.25) is 14.8 Å². The lowest BCUT2D eigenvalue weighted by atomic mass is 9.81. The van der Waals surface area contributed by atoms with Gasteiger partial charge in [-0.05, 0) is 60.4 Å². The van der Waals surface area contributed by atoms with Gasteiger partial charge in [0.25, 0.3) is 0 Å². The number of aliphatic imine (C=N–C) groups is 1. The molecule has 2 heterocycles. The highest BCUT2D eigenvalue weighted by Gasteiger charge is 2.27. The van der Waals surface area contributed by atoms with Crippen LogP contribution in [0.3, 0.4) is 0 Å². The van der Waals surface area contributed by atoms with Crippen LogP contribution in [0.25, 0.3) is 6.08 Å². The van der Waals surface area contributed by atoms with Crippen LogP contribution in [0.2, 0.25) is 0 Å². The summed E-state index contributed by atoms with van der Waals surface area (Å²) < 4.78 is 0. The first kappa shape index (κ1) is 18.7. The van der Waals surface area contributed by atoms with Crippen LogP contribution in [0.15, 0.2) is 65.3 Å². The van der Waals surface area contributed by atoms with E-state index in [1.165, 1.54) is 22.3 Å². The van der Waals surface area contributed by atoms with E-state index in [9.17, 15) is 4.79 Å². The third kappa shape index (κ3) is 3.21. The Bertz CT molecular complexity index is 1250. The fourth-order valence-corrected chi connectivity index (χ4v) is 4.55. The minimum absolute atomic E-state index is 0.0785. The summed E-state index contributed by atoms with van der Waals surface area (Å²) in [5.41, 5.74) is 11.0. The minimum atomic E-state index is 0.0785. The molecule has 3 aromatic rings. The number of hydrogen-bond acceptors (Lipinski definition) is 3. The number of aromatic nitrogens is 1. The third-order valence-corrected chi connectivity index (χ3v) is 6.19. The van der Waals surface area contributed by atoms with Gasteiger partial charge in [-0.25, -0.2) is 0 Å². The lowest BCUT2D eigenvalue weighted by Crippen LogP contribution is -2.17. The Morgan fingerprint density at radius 2 is 1.87 bits per heavy atom. The molecule has 3 heteroatoms. The Labute approximate surface area is 177 Å². The molecule has 148 valence electrons. The second-order valence-corrected chi connectivity index (χ2v) is 8.39. The molecule has 2 aromatic carbocycles. The first-order chi connectivity index (χ1) is 14.5. The molecule has 3 nitrogen and oxygen atoms in total. The van der Waals surface area contributed by atoms with E-state index >= 15 is 0 Å². The van der Waals surface area contributed by atoms with Crippen molar-refractivity contribution in [2.24, 2.45) is 4.99 Å². The maximum Gasteiger partial charge on any atom is 0.163 e. The quantitative estimate of drug-likeness (QED) is 0.602. The van der Waals surface area contributed by atoms with E-state index in [0.29, 0.717) is 13.0 Å². The molecule has 5 rings (SSSR count). The van der Waals surface area contributed by atoms with Gasteiger partial charge >= 0.3 is 0 Å². The molecule has 1 aromatic heterocycles. The van der Waals surface area contributed by atoms with Crippen LogP contribution in [-0.2, 0) is 17.8 Å². The van der Waals surface area contributed by atoms with Crippen molar-refractivity contribution in [3.05, 3.63) is 105 Å². The van der Waals surface area contributed by atoms with Crippen molar-refractivity contribution in [2.45, 2.75) is 39.7 Å². The molecule has 1 unspecified atom stereocenters. The number of carbonyl (C=O) groups excluding carboxylic acids is 1. The van der Waals surface area contributed by atoms with Crippen LogP contribution in [-0.4, -0.2) is 16.5 Å². The van der Waals surface area contributed by atoms with E-state index in [4.69, 9.17) is 4.99 Å². The highest BCUT2D eigenvalue weighted by molar-refractivity contribution is 6.16. The zero-order valence-corrected chi connectivity index (χ0v) is 17.6. The molecule has 0 fully saturated rings. The molecular formula is C27H24N2O. The monoisotopic (exact) mass is 392 g/mol. The Morgan fingerprint density at radius 3 is 2.67 bits per heavy atom. The second-order valence-electron chi connectivity index (χ2n) is 8.39. The fraction of sp³-hybridized carbons (Fsp3) is 0.222. The number of pyridine rings is 1. The highest BCUT2D eigenvalue weighted by Crippen LogP contribution is 2.35. The van der Waals surface area contributed by atoms with Crippen LogP contribution in [0.5, 0.6) is 0 Å². The lowest BCUT2D eigenvalue weighted by molar-refractivity contribution is -0.115. The predicted octanol–water partition coefficient (Wildman–Crippen LogP) is 5.36. The summed E-state index contributed by atoms with van der Waals surface area (Å²) in [6, 6.07) is 16.9. The Balaban J connectivity index is 1.56. The summed E-state index contributed by atoms with van der Waals surface area (Å²) in [6.45, 7) is 6.89. The first-order valence-corrected chi connectivity index (χ1v) is 10.4. The molecule has 1 atom stereocenters. The van der Waals surface area contributed by atoms with E-state index < -0.39 is 0 Å². The molecule has 0 radical (unpaired) electrons. The van der Waals surface area contributed by atoms with Gasteiger partial charge in [0, 0.05) is 40.9 Å². The fourth-order valence-electron chi connectivity index (χ4n) is 4.55. The van der Waals surface area contributed by atoms with Crippen LogP contribution in [0.1, 0.15) is 57.5 Å². The largest absolute Gasteiger partial charge is 0.294 e. The Hall–Kier alpha value is -3.33. The maximum atomic E-state index is 13.0. The number of fused-ring (bicyclic) bond motifs is 2. The maximum absolute atomic E-state index is 13.0. The molecule has 30 heavy (non-hydrogen) atoms. The van der Waals surface area contributed by atoms with E-state index in [0.717, 1.165) is 33.7 Å². The number of rotatable bonds is 3. The average Bonchev–Trinajstić information content (AvgIpc) is 3.14. The van der Waals surface area contributed by atoms with Gasteiger partial charge in [-0.15, -0.1) is 0 Å². The molecule has 0 saturated carbocycles. The molecule has 0 saturated heterocycles. The van der Waals surface area contributed by atoms with Gasteiger partial charge < -0.3 is 0 Å². The summed E-state index contributed by atoms with van der Waals surface area (Å²) in [5, 5.41) is 0. The molecule has 1 aliphatic heterocycles. The van der Waals surface area contributed by atoms with E-state index in [1.54, 1.807) is 0 Å². The summed E-state index contributed by atoms with van der Waals surface area (Å²) in [7, 11) is 0. The summed E-state index contributed by atoms with van der Waals surface area (Å²) in [4.78, 5) is 22.1. The van der Waals surface area contributed by atoms with Crippen molar-refractivity contribution in [3.8, 4) is 0 Å². The van der Waals surface area contributed by atoms with Crippen LogP contribution in [0, 0.1) is 13.8 Å². The zero-order chi connectivity index (χ0) is 20.8. The van der Waals surface area contributed by atoms with Crippen molar-refractivity contribution in [3.63, 3.8) is 0 Å². The number of ketones is 1. The topological polar surface area (TPSA) is 42.3 Å². The Kier molecular flexibility index (Phi) is 4.47. The predicted molar refractivity (Wildman–Crippen MR) is 121 cm³/mol. The lowest BCUT2D eigenvalue weighted by Gasteiger charge is -2.22. The van der Waals surface area contributed by atoms with Crippen molar-refractivity contribution in [1.82, 2.24) is 4.98 Å². The van der Waals surface area contributed by atoms with E-state index in [-0.39, 0.29) is 11.7 Å². The normalized spacial score (nSPS) is 15.9. The number of hydrogen-bond donors (Lipinski definition) is 0. The van der Waals surface area contributed by atoms with Crippen molar-refractivity contribution >= 4 is 17.6 Å².